The smallest absolute Gasteiger partial charge is 0.291 e. The SMILES string of the molecule is CC(C)CC[C@H](c1ccc(C(=O)NCc2nn[nH]n2)cc1)N1C(=O)C(N2CCN3CCC[C@H]3C2)=NC12CCC(C(C)(C)C)CC2. The highest BCUT2D eigenvalue weighted by atomic mass is 16.2. The number of piperazine rings is 1. The van der Waals surface area contributed by atoms with E-state index in [0.717, 1.165) is 63.7 Å². The Balaban J connectivity index is 1.29. The normalized spacial score (nSPS) is 26.4. The van der Waals surface area contributed by atoms with Crippen LogP contribution in [0, 0.1) is 17.3 Å². The van der Waals surface area contributed by atoms with Crippen molar-refractivity contribution in [2.75, 3.05) is 26.2 Å². The summed E-state index contributed by atoms with van der Waals surface area (Å²) in [7, 11) is 0. The van der Waals surface area contributed by atoms with Gasteiger partial charge >= 0.3 is 0 Å². The van der Waals surface area contributed by atoms with Crippen molar-refractivity contribution in [1.29, 1.82) is 0 Å². The predicted octanol–water partition coefficient (Wildman–Crippen LogP) is 4.56. The van der Waals surface area contributed by atoms with Crippen molar-refractivity contribution < 1.29 is 9.59 Å². The Hall–Kier alpha value is -3.34. The molecule has 4 aliphatic rings. The summed E-state index contributed by atoms with van der Waals surface area (Å²) < 4.78 is 0. The number of amidine groups is 1. The number of carbonyl (C=O) groups excluding carboxylic acids is 2. The van der Waals surface area contributed by atoms with Crippen molar-refractivity contribution in [2.45, 2.75) is 110 Å². The first-order valence-electron chi connectivity index (χ1n) is 17.1. The second kappa shape index (κ2) is 12.8. The van der Waals surface area contributed by atoms with E-state index in [4.69, 9.17) is 4.99 Å². The van der Waals surface area contributed by atoms with Crippen LogP contribution in [0.15, 0.2) is 29.3 Å². The molecular formula is C34H51N9O2. The van der Waals surface area contributed by atoms with Gasteiger partial charge in [0.2, 0.25) is 0 Å². The van der Waals surface area contributed by atoms with Gasteiger partial charge in [0.25, 0.3) is 11.8 Å². The third-order valence-corrected chi connectivity index (χ3v) is 10.8. The van der Waals surface area contributed by atoms with Crippen LogP contribution in [-0.2, 0) is 11.3 Å². The van der Waals surface area contributed by atoms with Crippen molar-refractivity contribution in [2.24, 2.45) is 22.2 Å². The van der Waals surface area contributed by atoms with Crippen LogP contribution in [0.1, 0.15) is 114 Å². The number of amides is 2. The average molecular weight is 618 g/mol. The van der Waals surface area contributed by atoms with E-state index in [2.05, 4.69) is 75.3 Å². The Labute approximate surface area is 267 Å². The van der Waals surface area contributed by atoms with Gasteiger partial charge in [0, 0.05) is 31.2 Å². The van der Waals surface area contributed by atoms with Crippen molar-refractivity contribution in [1.82, 2.24) is 40.6 Å². The first-order chi connectivity index (χ1) is 21.5. The minimum atomic E-state index is -0.525. The third kappa shape index (κ3) is 6.64. The molecule has 0 bridgehead atoms. The van der Waals surface area contributed by atoms with Crippen LogP contribution in [0.2, 0.25) is 0 Å². The molecule has 1 saturated carbocycles. The number of hydrogen-bond donors (Lipinski definition) is 2. The highest BCUT2D eigenvalue weighted by Crippen LogP contribution is 2.50. The van der Waals surface area contributed by atoms with E-state index < -0.39 is 5.66 Å². The maximum atomic E-state index is 14.7. The van der Waals surface area contributed by atoms with Crippen LogP contribution < -0.4 is 5.32 Å². The number of rotatable bonds is 8. The first kappa shape index (κ1) is 31.6. The zero-order chi connectivity index (χ0) is 31.8. The highest BCUT2D eigenvalue weighted by molar-refractivity contribution is 6.39. The quantitative estimate of drug-likeness (QED) is 0.445. The van der Waals surface area contributed by atoms with E-state index in [1.165, 1.54) is 19.4 Å². The molecule has 11 heteroatoms. The van der Waals surface area contributed by atoms with Crippen LogP contribution in [0.25, 0.3) is 0 Å². The molecule has 6 rings (SSSR count). The number of aromatic amines is 1. The monoisotopic (exact) mass is 617 g/mol. The summed E-state index contributed by atoms with van der Waals surface area (Å²) in [6, 6.07) is 8.21. The van der Waals surface area contributed by atoms with E-state index >= 15 is 0 Å². The molecule has 3 aliphatic heterocycles. The lowest BCUT2D eigenvalue weighted by atomic mass is 9.69. The predicted molar refractivity (Wildman–Crippen MR) is 173 cm³/mol. The standard InChI is InChI=1S/C34H51N9O2/c1-23(2)8-13-28(24-9-11-25(12-10-24)31(44)35-21-29-37-39-40-38-29)43-32(45)30(42-20-19-41-18-6-7-27(41)22-42)36-34(43)16-14-26(15-17-34)33(3,4)5/h9-12,23,26-28H,6-8,13-22H2,1-5H3,(H,35,44)(H,37,38,39,40)/t26?,27-,28+,34?/m0/s1. The summed E-state index contributed by atoms with van der Waals surface area (Å²) in [4.78, 5) is 40.2. The molecule has 1 spiro atoms. The molecule has 0 unspecified atom stereocenters. The number of aliphatic imine (C=N–C) groups is 1. The van der Waals surface area contributed by atoms with E-state index in [-0.39, 0.29) is 29.8 Å². The topological polar surface area (TPSA) is 123 Å². The van der Waals surface area contributed by atoms with Gasteiger partial charge in [0.05, 0.1) is 12.6 Å². The zero-order valence-corrected chi connectivity index (χ0v) is 27.8. The molecule has 2 N–H and O–H groups in total. The lowest BCUT2D eigenvalue weighted by molar-refractivity contribution is -0.134. The molecule has 1 aliphatic carbocycles. The van der Waals surface area contributed by atoms with Crippen LogP contribution in [0.5, 0.6) is 0 Å². The van der Waals surface area contributed by atoms with Gasteiger partial charge in [-0.3, -0.25) is 14.5 Å². The summed E-state index contributed by atoms with van der Waals surface area (Å²) in [5.41, 5.74) is 1.33. The number of tetrazole rings is 1. The number of benzene rings is 1. The van der Waals surface area contributed by atoms with Crippen molar-refractivity contribution in [3.8, 4) is 0 Å². The Morgan fingerprint density at radius 3 is 2.49 bits per heavy atom. The highest BCUT2D eigenvalue weighted by Gasteiger charge is 2.54. The lowest BCUT2D eigenvalue weighted by Gasteiger charge is -2.47. The summed E-state index contributed by atoms with van der Waals surface area (Å²) in [5.74, 6) is 2.12. The van der Waals surface area contributed by atoms with Crippen LogP contribution in [0.3, 0.4) is 0 Å². The van der Waals surface area contributed by atoms with Gasteiger partial charge in [-0.05, 0) is 92.9 Å². The molecule has 2 atom stereocenters. The van der Waals surface area contributed by atoms with Gasteiger partial charge < -0.3 is 15.1 Å². The first-order valence-corrected chi connectivity index (χ1v) is 17.1. The number of nitrogens with zero attached hydrogens (tertiary/aromatic N) is 7. The van der Waals surface area contributed by atoms with Crippen molar-refractivity contribution in [3.63, 3.8) is 0 Å². The number of hydrogen-bond acceptors (Lipinski definition) is 8. The molecule has 2 aromatic rings. The molecule has 1 aromatic carbocycles. The maximum Gasteiger partial charge on any atom is 0.291 e. The fourth-order valence-corrected chi connectivity index (χ4v) is 8.03. The Bertz CT molecular complexity index is 1360. The number of H-pyrrole nitrogens is 1. The molecule has 1 aromatic heterocycles. The van der Waals surface area contributed by atoms with Gasteiger partial charge in [-0.2, -0.15) is 5.21 Å². The molecule has 3 fully saturated rings. The Morgan fingerprint density at radius 1 is 1.07 bits per heavy atom. The Morgan fingerprint density at radius 2 is 1.82 bits per heavy atom. The summed E-state index contributed by atoms with van der Waals surface area (Å²) in [6.07, 6.45) is 8.21. The van der Waals surface area contributed by atoms with E-state index in [0.29, 0.717) is 35.1 Å². The lowest BCUT2D eigenvalue weighted by Crippen LogP contribution is -2.55. The van der Waals surface area contributed by atoms with Gasteiger partial charge in [-0.1, -0.05) is 52.0 Å². The second-order valence-corrected chi connectivity index (χ2v) is 15.1. The summed E-state index contributed by atoms with van der Waals surface area (Å²) >= 11 is 0. The minimum Gasteiger partial charge on any atom is -0.349 e. The van der Waals surface area contributed by atoms with Crippen LogP contribution in [0.4, 0.5) is 0 Å². The second-order valence-electron chi connectivity index (χ2n) is 15.1. The average Bonchev–Trinajstić information content (AvgIpc) is 3.77. The van der Waals surface area contributed by atoms with Crippen LogP contribution in [-0.4, -0.2) is 90.9 Å². The summed E-state index contributed by atoms with van der Waals surface area (Å²) in [5, 5.41) is 16.6. The number of carbonyl (C=O) groups is 2. The van der Waals surface area contributed by atoms with Gasteiger partial charge in [-0.15, -0.1) is 10.2 Å². The molecule has 2 amide bonds. The van der Waals surface area contributed by atoms with E-state index in [1.807, 2.05) is 24.3 Å². The largest absolute Gasteiger partial charge is 0.349 e. The molecule has 45 heavy (non-hydrogen) atoms. The van der Waals surface area contributed by atoms with Gasteiger partial charge in [-0.25, -0.2) is 4.99 Å². The number of fused-ring (bicyclic) bond motifs is 1. The Kier molecular flexibility index (Phi) is 9.00. The third-order valence-electron chi connectivity index (χ3n) is 10.8. The molecule has 2 saturated heterocycles. The molecule has 4 heterocycles. The van der Waals surface area contributed by atoms with Crippen molar-refractivity contribution >= 4 is 17.6 Å². The van der Waals surface area contributed by atoms with Gasteiger partial charge in [0.15, 0.2) is 11.7 Å². The molecule has 0 radical (unpaired) electrons. The fraction of sp³-hybridized carbons (Fsp3) is 0.706. The maximum absolute atomic E-state index is 14.7. The van der Waals surface area contributed by atoms with Crippen LogP contribution >= 0.6 is 0 Å². The molecular weight excluding hydrogens is 566 g/mol. The number of aromatic nitrogens is 4. The van der Waals surface area contributed by atoms with E-state index in [9.17, 15) is 9.59 Å². The van der Waals surface area contributed by atoms with Crippen molar-refractivity contribution in [3.05, 3.63) is 41.2 Å². The zero-order valence-electron chi connectivity index (χ0n) is 27.8. The van der Waals surface area contributed by atoms with E-state index in [1.54, 1.807) is 0 Å². The molecule has 244 valence electrons. The van der Waals surface area contributed by atoms with Gasteiger partial charge in [0.1, 0.15) is 5.66 Å². The number of nitrogens with one attached hydrogen (secondary N) is 2. The fourth-order valence-electron chi connectivity index (χ4n) is 8.03. The minimum absolute atomic E-state index is 0.0892. The molecule has 11 nitrogen and oxygen atoms in total. The summed E-state index contributed by atoms with van der Waals surface area (Å²) in [6.45, 7) is 15.6.